The summed E-state index contributed by atoms with van der Waals surface area (Å²) in [5, 5.41) is 8.19. The van der Waals surface area contributed by atoms with Crippen molar-refractivity contribution >= 4 is 5.91 Å². The fraction of sp³-hybridized carbons (Fsp3) is 0.471. The molecule has 0 radical (unpaired) electrons. The predicted molar refractivity (Wildman–Crippen MR) is 83.9 cm³/mol. The lowest BCUT2D eigenvalue weighted by atomic mass is 9.98. The number of ether oxygens (including phenoxy) is 1. The van der Waals surface area contributed by atoms with Crippen LogP contribution in [-0.4, -0.2) is 34.1 Å². The first-order valence-electron chi connectivity index (χ1n) is 8.04. The molecule has 2 heterocycles. The van der Waals surface area contributed by atoms with E-state index in [1.807, 2.05) is 42.2 Å². The van der Waals surface area contributed by atoms with E-state index >= 15 is 0 Å². The van der Waals surface area contributed by atoms with Crippen LogP contribution in [-0.2, 0) is 11.4 Å². The van der Waals surface area contributed by atoms with Crippen LogP contribution in [0.2, 0.25) is 0 Å². The van der Waals surface area contributed by atoms with Gasteiger partial charge in [-0.3, -0.25) is 4.79 Å². The zero-order valence-electron chi connectivity index (χ0n) is 13.3. The summed E-state index contributed by atoms with van der Waals surface area (Å²) in [7, 11) is 0. The van der Waals surface area contributed by atoms with Gasteiger partial charge in [-0.25, -0.2) is 0 Å². The van der Waals surface area contributed by atoms with E-state index in [-0.39, 0.29) is 18.4 Å². The second-order valence-electron chi connectivity index (χ2n) is 5.67. The largest absolute Gasteiger partial charge is 0.484 e. The van der Waals surface area contributed by atoms with Crippen LogP contribution in [0.3, 0.4) is 0 Å². The van der Waals surface area contributed by atoms with Gasteiger partial charge in [-0.1, -0.05) is 25.1 Å². The average molecular weight is 315 g/mol. The topological polar surface area (TPSA) is 68.5 Å². The van der Waals surface area contributed by atoms with Crippen LogP contribution in [0.15, 0.2) is 34.7 Å². The van der Waals surface area contributed by atoms with Crippen molar-refractivity contribution in [2.45, 2.75) is 38.7 Å². The molecule has 1 aromatic heterocycles. The Morgan fingerprint density at radius 2 is 2.17 bits per heavy atom. The highest BCUT2D eigenvalue weighted by molar-refractivity contribution is 5.75. The molecule has 0 bridgehead atoms. The number of piperidine rings is 1. The monoisotopic (exact) mass is 315 g/mol. The van der Waals surface area contributed by atoms with Crippen molar-refractivity contribution in [2.75, 3.05) is 13.1 Å². The van der Waals surface area contributed by atoms with E-state index in [1.54, 1.807) is 0 Å². The van der Waals surface area contributed by atoms with Gasteiger partial charge >= 0.3 is 0 Å². The van der Waals surface area contributed by atoms with Gasteiger partial charge in [0.05, 0.1) is 5.92 Å². The summed E-state index contributed by atoms with van der Waals surface area (Å²) >= 11 is 0. The third kappa shape index (κ3) is 3.88. The molecule has 0 saturated carbocycles. The average Bonchev–Trinajstić information content (AvgIpc) is 3.09. The molecule has 1 aliphatic rings. The van der Waals surface area contributed by atoms with E-state index in [0.29, 0.717) is 24.7 Å². The van der Waals surface area contributed by atoms with E-state index in [1.165, 1.54) is 0 Å². The highest BCUT2D eigenvalue weighted by atomic mass is 16.5. The summed E-state index contributed by atoms with van der Waals surface area (Å²) in [5.74, 6) is 2.14. The zero-order chi connectivity index (χ0) is 16.1. The maximum absolute atomic E-state index is 11.8. The molecule has 6 nitrogen and oxygen atoms in total. The Labute approximate surface area is 135 Å². The molecule has 1 aromatic carbocycles. The minimum atomic E-state index is 0.122. The first-order valence-corrected chi connectivity index (χ1v) is 8.04. The Bertz CT molecular complexity index is 642. The maximum atomic E-state index is 11.8. The molecule has 0 N–H and O–H groups in total. The van der Waals surface area contributed by atoms with E-state index in [9.17, 15) is 4.79 Å². The third-order valence-electron chi connectivity index (χ3n) is 4.01. The summed E-state index contributed by atoms with van der Waals surface area (Å²) in [6.07, 6.45) is 2.47. The summed E-state index contributed by atoms with van der Waals surface area (Å²) in [5.41, 5.74) is 0. The lowest BCUT2D eigenvalue weighted by molar-refractivity contribution is -0.132. The van der Waals surface area contributed by atoms with Crippen LogP contribution in [0, 0.1) is 0 Å². The van der Waals surface area contributed by atoms with Crippen molar-refractivity contribution in [1.82, 2.24) is 15.1 Å². The smallest absolute Gasteiger partial charge is 0.253 e. The molecule has 2 aromatic rings. The van der Waals surface area contributed by atoms with Gasteiger partial charge in [0.25, 0.3) is 5.89 Å². The lowest BCUT2D eigenvalue weighted by Gasteiger charge is -2.30. The highest BCUT2D eigenvalue weighted by Crippen LogP contribution is 2.26. The molecule has 6 heteroatoms. The first-order chi connectivity index (χ1) is 11.3. The molecule has 0 spiro atoms. The van der Waals surface area contributed by atoms with Crippen molar-refractivity contribution < 1.29 is 13.9 Å². The highest BCUT2D eigenvalue weighted by Gasteiger charge is 2.27. The van der Waals surface area contributed by atoms with Crippen LogP contribution in [0.25, 0.3) is 0 Å². The Hall–Kier alpha value is -2.37. The molecule has 1 amide bonds. The van der Waals surface area contributed by atoms with Gasteiger partial charge < -0.3 is 14.1 Å². The summed E-state index contributed by atoms with van der Waals surface area (Å²) < 4.78 is 11.3. The number of benzene rings is 1. The SMILES string of the molecule is CCC(=O)N1CCCC(c2nnc(COc3ccccc3)o2)C1. The van der Waals surface area contributed by atoms with Gasteiger partial charge in [0.2, 0.25) is 11.8 Å². The second-order valence-corrected chi connectivity index (χ2v) is 5.67. The van der Waals surface area contributed by atoms with Gasteiger partial charge in [-0.15, -0.1) is 10.2 Å². The number of nitrogens with zero attached hydrogens (tertiary/aromatic N) is 3. The van der Waals surface area contributed by atoms with Crippen molar-refractivity contribution in [3.63, 3.8) is 0 Å². The van der Waals surface area contributed by atoms with Gasteiger partial charge in [0.1, 0.15) is 5.75 Å². The number of likely N-dealkylation sites (tertiary alicyclic amines) is 1. The molecule has 1 saturated heterocycles. The zero-order valence-corrected chi connectivity index (χ0v) is 13.3. The standard InChI is InChI=1S/C17H21N3O3/c1-2-16(21)20-10-6-7-13(11-20)17-19-18-15(23-17)12-22-14-8-4-3-5-9-14/h3-5,8-9,13H,2,6-7,10-12H2,1H3. The van der Waals surface area contributed by atoms with Crippen molar-refractivity contribution in [3.8, 4) is 5.75 Å². The second kappa shape index (κ2) is 7.26. The van der Waals surface area contributed by atoms with Crippen molar-refractivity contribution in [2.24, 2.45) is 0 Å². The number of para-hydroxylation sites is 1. The molecule has 23 heavy (non-hydrogen) atoms. The normalized spacial score (nSPS) is 18.0. The molecular weight excluding hydrogens is 294 g/mol. The molecule has 1 aliphatic heterocycles. The van der Waals surface area contributed by atoms with Crippen LogP contribution in [0.4, 0.5) is 0 Å². The van der Waals surface area contributed by atoms with Gasteiger partial charge in [-0.2, -0.15) is 0 Å². The van der Waals surface area contributed by atoms with Crippen LogP contribution in [0.5, 0.6) is 5.75 Å². The van der Waals surface area contributed by atoms with Gasteiger partial charge in [-0.05, 0) is 25.0 Å². The van der Waals surface area contributed by atoms with Gasteiger partial charge in [0, 0.05) is 19.5 Å². The van der Waals surface area contributed by atoms with Crippen molar-refractivity contribution in [1.29, 1.82) is 0 Å². The number of hydrogen-bond acceptors (Lipinski definition) is 5. The Kier molecular flexibility index (Phi) is 4.90. The molecule has 122 valence electrons. The minimum Gasteiger partial charge on any atom is -0.484 e. The van der Waals surface area contributed by atoms with E-state index < -0.39 is 0 Å². The third-order valence-corrected chi connectivity index (χ3v) is 4.01. The summed E-state index contributed by atoms with van der Waals surface area (Å²) in [6, 6.07) is 9.52. The van der Waals surface area contributed by atoms with Gasteiger partial charge in [0.15, 0.2) is 6.61 Å². The number of amides is 1. The maximum Gasteiger partial charge on any atom is 0.253 e. The Morgan fingerprint density at radius 1 is 1.35 bits per heavy atom. The lowest BCUT2D eigenvalue weighted by Crippen LogP contribution is -2.38. The molecule has 1 fully saturated rings. The number of carbonyl (C=O) groups excluding carboxylic acids is 1. The molecule has 0 aliphatic carbocycles. The number of hydrogen-bond donors (Lipinski definition) is 0. The Morgan fingerprint density at radius 3 is 2.96 bits per heavy atom. The minimum absolute atomic E-state index is 0.122. The number of rotatable bonds is 5. The van der Waals surface area contributed by atoms with Crippen LogP contribution < -0.4 is 4.74 Å². The van der Waals surface area contributed by atoms with Crippen LogP contribution in [0.1, 0.15) is 43.9 Å². The molecule has 3 rings (SSSR count). The first kappa shape index (κ1) is 15.5. The summed E-state index contributed by atoms with van der Waals surface area (Å²) in [6.45, 7) is 3.62. The van der Waals surface area contributed by atoms with E-state index in [4.69, 9.17) is 9.15 Å². The quantitative estimate of drug-likeness (QED) is 0.848. The predicted octanol–water partition coefficient (Wildman–Crippen LogP) is 2.76. The number of carbonyl (C=O) groups is 1. The van der Waals surface area contributed by atoms with E-state index in [0.717, 1.165) is 25.1 Å². The van der Waals surface area contributed by atoms with Crippen LogP contribution >= 0.6 is 0 Å². The fourth-order valence-electron chi connectivity index (χ4n) is 2.78. The molecular formula is C17H21N3O3. The Balaban J connectivity index is 1.59. The summed E-state index contributed by atoms with van der Waals surface area (Å²) in [4.78, 5) is 13.7. The molecule has 1 atom stereocenters. The fourth-order valence-corrected chi connectivity index (χ4v) is 2.78. The number of aromatic nitrogens is 2. The van der Waals surface area contributed by atoms with E-state index in [2.05, 4.69) is 10.2 Å². The molecule has 1 unspecified atom stereocenters. The van der Waals surface area contributed by atoms with Crippen molar-refractivity contribution in [3.05, 3.63) is 42.1 Å².